The summed E-state index contributed by atoms with van der Waals surface area (Å²) in [5.74, 6) is -0.875. The molecule has 0 atom stereocenters. The number of aryl methyl sites for hydroxylation is 1. The second-order valence-electron chi connectivity index (χ2n) is 8.13. The van der Waals surface area contributed by atoms with Gasteiger partial charge in [0, 0.05) is 36.1 Å². The Balaban J connectivity index is 1.59. The summed E-state index contributed by atoms with van der Waals surface area (Å²) in [7, 11) is 0. The first-order chi connectivity index (χ1) is 15.9. The van der Waals surface area contributed by atoms with Crippen LogP contribution in [0.4, 0.5) is 21.5 Å². The third kappa shape index (κ3) is 4.79. The van der Waals surface area contributed by atoms with Crippen molar-refractivity contribution < 1.29 is 9.18 Å². The zero-order valence-electron chi connectivity index (χ0n) is 18.8. The molecule has 1 amide bonds. The molecule has 7 nitrogen and oxygen atoms in total. The molecule has 1 saturated heterocycles. The van der Waals surface area contributed by atoms with E-state index in [1.54, 1.807) is 18.2 Å². The number of nitrogen functional groups attached to an aromatic ring is 1. The van der Waals surface area contributed by atoms with Crippen LogP contribution >= 0.6 is 11.3 Å². The van der Waals surface area contributed by atoms with Gasteiger partial charge in [-0.05, 0) is 62.9 Å². The summed E-state index contributed by atoms with van der Waals surface area (Å²) in [6.45, 7) is 6.68. The van der Waals surface area contributed by atoms with E-state index in [9.17, 15) is 9.18 Å². The second-order valence-corrected chi connectivity index (χ2v) is 9.36. The number of carbonyl (C=O) groups is 1. The Morgan fingerprint density at radius 3 is 2.79 bits per heavy atom. The van der Waals surface area contributed by atoms with Crippen molar-refractivity contribution in [3.63, 3.8) is 0 Å². The molecule has 1 aliphatic heterocycles. The first kappa shape index (κ1) is 23.0. The van der Waals surface area contributed by atoms with Crippen molar-refractivity contribution in [2.75, 3.05) is 35.6 Å². The number of amides is 1. The summed E-state index contributed by atoms with van der Waals surface area (Å²) in [5, 5.41) is 7.04. The number of hydrogen-bond acceptors (Lipinski definition) is 7. The van der Waals surface area contributed by atoms with Crippen molar-refractivity contribution in [3.05, 3.63) is 52.4 Å². The number of hydrogen-bond donors (Lipinski definition) is 4. The largest absolute Gasteiger partial charge is 0.405 e. The van der Waals surface area contributed by atoms with Gasteiger partial charge in [0.15, 0.2) is 5.82 Å². The zero-order valence-corrected chi connectivity index (χ0v) is 19.6. The van der Waals surface area contributed by atoms with Crippen LogP contribution in [0.3, 0.4) is 0 Å². The van der Waals surface area contributed by atoms with Crippen LogP contribution in [0.15, 0.2) is 30.5 Å². The maximum atomic E-state index is 14.4. The van der Waals surface area contributed by atoms with Crippen LogP contribution in [0.1, 0.15) is 40.7 Å². The molecule has 1 aromatic heterocycles. The molecule has 3 aromatic rings. The van der Waals surface area contributed by atoms with E-state index in [-0.39, 0.29) is 0 Å². The summed E-state index contributed by atoms with van der Waals surface area (Å²) >= 11 is 1.38. The first-order valence-corrected chi connectivity index (χ1v) is 11.9. The number of benzene rings is 2. The highest BCUT2D eigenvalue weighted by Crippen LogP contribution is 2.33. The number of carbonyl (C=O) groups excluding carboxylic acids is 1. The molecule has 0 radical (unpaired) electrons. The quantitative estimate of drug-likeness (QED) is 0.406. The van der Waals surface area contributed by atoms with Gasteiger partial charge in [0.25, 0.3) is 5.91 Å². The lowest BCUT2D eigenvalue weighted by atomic mass is 9.99. The van der Waals surface area contributed by atoms with E-state index in [1.807, 2.05) is 13.0 Å². The second kappa shape index (κ2) is 9.76. The average Bonchev–Trinajstić information content (AvgIpc) is 3.17. The van der Waals surface area contributed by atoms with E-state index in [2.05, 4.69) is 27.4 Å². The van der Waals surface area contributed by atoms with Crippen LogP contribution in [0.25, 0.3) is 16.3 Å². The molecule has 0 spiro atoms. The highest BCUT2D eigenvalue weighted by Gasteiger charge is 2.23. The number of halogens is 1. The summed E-state index contributed by atoms with van der Waals surface area (Å²) in [6.07, 6.45) is 5.22. The van der Waals surface area contributed by atoms with Gasteiger partial charge in [-0.25, -0.2) is 9.37 Å². The number of thiazole rings is 1. The van der Waals surface area contributed by atoms with E-state index < -0.39 is 11.7 Å². The molecule has 4 rings (SSSR count). The Labute approximate surface area is 196 Å². The van der Waals surface area contributed by atoms with Crippen LogP contribution < -0.4 is 27.0 Å². The predicted molar refractivity (Wildman–Crippen MR) is 135 cm³/mol. The fourth-order valence-electron chi connectivity index (χ4n) is 4.35. The monoisotopic (exact) mass is 468 g/mol. The molecule has 6 N–H and O–H groups in total. The summed E-state index contributed by atoms with van der Waals surface area (Å²) in [6, 6.07) is 7.14. The van der Waals surface area contributed by atoms with Crippen LogP contribution in [0.2, 0.25) is 0 Å². The molecule has 0 saturated carbocycles. The first-order valence-electron chi connectivity index (χ1n) is 11.1. The van der Waals surface area contributed by atoms with Crippen molar-refractivity contribution in [2.24, 2.45) is 5.73 Å². The number of fused-ring (bicyclic) bond motifs is 1. The SMILES string of the molecule is CCNC1CCN(c2ccc(C(=O)Nc3cc(F)c4nc(C)sc4c3)c(N)c2/C=C\N)CC1. The highest BCUT2D eigenvalue weighted by molar-refractivity contribution is 7.18. The smallest absolute Gasteiger partial charge is 0.257 e. The van der Waals surface area contributed by atoms with E-state index >= 15 is 0 Å². The van der Waals surface area contributed by atoms with Crippen LogP contribution in [0, 0.1) is 12.7 Å². The van der Waals surface area contributed by atoms with Crippen molar-refractivity contribution in [3.8, 4) is 0 Å². The molecule has 9 heteroatoms. The molecule has 0 aliphatic carbocycles. The summed E-state index contributed by atoms with van der Waals surface area (Å²) < 4.78 is 15.1. The lowest BCUT2D eigenvalue weighted by molar-refractivity contribution is 0.102. The normalized spacial score (nSPS) is 14.9. The van der Waals surface area contributed by atoms with Gasteiger partial charge in [-0.2, -0.15) is 0 Å². The van der Waals surface area contributed by atoms with Gasteiger partial charge in [0.1, 0.15) is 5.52 Å². The molecular weight excluding hydrogens is 439 g/mol. The minimum Gasteiger partial charge on any atom is -0.405 e. The van der Waals surface area contributed by atoms with E-state index in [0.29, 0.717) is 38.8 Å². The number of anilines is 3. The lowest BCUT2D eigenvalue weighted by Crippen LogP contribution is -2.42. The fourth-order valence-corrected chi connectivity index (χ4v) is 5.23. The Morgan fingerprint density at radius 2 is 2.09 bits per heavy atom. The number of nitrogens with zero attached hydrogens (tertiary/aromatic N) is 2. The van der Waals surface area contributed by atoms with Crippen LogP contribution in [0.5, 0.6) is 0 Å². The van der Waals surface area contributed by atoms with Crippen molar-refractivity contribution in [1.29, 1.82) is 0 Å². The molecule has 0 bridgehead atoms. The van der Waals surface area contributed by atoms with Crippen molar-refractivity contribution in [1.82, 2.24) is 10.3 Å². The van der Waals surface area contributed by atoms with Gasteiger partial charge in [0.05, 0.1) is 21.0 Å². The molecule has 1 aliphatic rings. The minimum absolute atomic E-state index is 0.313. The zero-order chi connectivity index (χ0) is 23.5. The maximum Gasteiger partial charge on any atom is 0.257 e. The van der Waals surface area contributed by atoms with Gasteiger partial charge >= 0.3 is 0 Å². The average molecular weight is 469 g/mol. The topological polar surface area (TPSA) is 109 Å². The molecule has 1 fully saturated rings. The molecule has 33 heavy (non-hydrogen) atoms. The van der Waals surface area contributed by atoms with Gasteiger partial charge in [-0.15, -0.1) is 11.3 Å². The maximum absolute atomic E-state index is 14.4. The van der Waals surface area contributed by atoms with Gasteiger partial charge in [-0.3, -0.25) is 4.79 Å². The number of aromatic nitrogens is 1. The third-order valence-corrected chi connectivity index (χ3v) is 6.83. The van der Waals surface area contributed by atoms with Crippen LogP contribution in [-0.4, -0.2) is 36.6 Å². The standard InChI is InChI=1S/C24H29FN6OS/c1-3-28-15-7-10-31(11-8-15)20-5-4-18(22(27)17(20)6-9-26)24(32)30-16-12-19(25)23-21(13-16)33-14(2)29-23/h4-6,9,12-13,15,28H,3,7-8,10-11,26-27H2,1-2H3,(H,30,32)/b9-6-. The Bertz CT molecular complexity index is 1200. The fraction of sp³-hybridized carbons (Fsp3) is 0.333. The number of nitrogens with two attached hydrogens (primary N) is 2. The highest BCUT2D eigenvalue weighted by atomic mass is 32.1. The van der Waals surface area contributed by atoms with Crippen molar-refractivity contribution >= 4 is 50.6 Å². The molecule has 2 aromatic carbocycles. The summed E-state index contributed by atoms with van der Waals surface area (Å²) in [5.41, 5.74) is 15.1. The Hall–Kier alpha value is -3.17. The Morgan fingerprint density at radius 1 is 1.33 bits per heavy atom. The molecule has 174 valence electrons. The van der Waals surface area contributed by atoms with Gasteiger partial charge in [-0.1, -0.05) is 6.92 Å². The van der Waals surface area contributed by atoms with E-state index in [4.69, 9.17) is 11.5 Å². The predicted octanol–water partition coefficient (Wildman–Crippen LogP) is 4.09. The van der Waals surface area contributed by atoms with E-state index in [0.717, 1.165) is 43.2 Å². The van der Waals surface area contributed by atoms with Gasteiger partial charge < -0.3 is 27.0 Å². The minimum atomic E-state index is -0.469. The van der Waals surface area contributed by atoms with Gasteiger partial charge in [0.2, 0.25) is 0 Å². The van der Waals surface area contributed by atoms with Crippen molar-refractivity contribution in [2.45, 2.75) is 32.7 Å². The molecule has 0 unspecified atom stereocenters. The third-order valence-electron chi connectivity index (χ3n) is 5.91. The Kier molecular flexibility index (Phi) is 6.80. The lowest BCUT2D eigenvalue weighted by Gasteiger charge is -2.35. The number of nitrogens with one attached hydrogen (secondary N) is 2. The number of piperidine rings is 1. The molecule has 2 heterocycles. The summed E-state index contributed by atoms with van der Waals surface area (Å²) in [4.78, 5) is 19.5. The van der Waals surface area contributed by atoms with Crippen LogP contribution in [-0.2, 0) is 0 Å². The molecular formula is C24H29FN6OS. The number of rotatable bonds is 6. The van der Waals surface area contributed by atoms with E-state index in [1.165, 1.54) is 23.6 Å².